The molecule has 0 aromatic heterocycles. The van der Waals surface area contributed by atoms with Crippen LogP contribution in [0.5, 0.6) is 11.5 Å². The Morgan fingerprint density at radius 3 is 2.71 bits per heavy atom. The van der Waals surface area contributed by atoms with Gasteiger partial charge >= 0.3 is 0 Å². The lowest BCUT2D eigenvalue weighted by molar-refractivity contribution is 0.0784. The first-order chi connectivity index (χ1) is 10.1. The van der Waals surface area contributed by atoms with E-state index in [9.17, 15) is 8.42 Å². The van der Waals surface area contributed by atoms with Gasteiger partial charge in [-0.25, -0.2) is 13.1 Å². The number of morpholine rings is 1. The summed E-state index contributed by atoms with van der Waals surface area (Å²) in [7, 11) is -0.636. The van der Waals surface area contributed by atoms with E-state index in [-0.39, 0.29) is 17.5 Å². The molecule has 0 saturated carbocycles. The molecule has 1 fully saturated rings. The molecule has 1 aromatic rings. The van der Waals surface area contributed by atoms with E-state index in [2.05, 4.69) is 10.0 Å². The molecule has 8 heteroatoms. The fourth-order valence-electron chi connectivity index (χ4n) is 2.03. The Morgan fingerprint density at radius 1 is 1.33 bits per heavy atom. The summed E-state index contributed by atoms with van der Waals surface area (Å²) in [4.78, 5) is 0.136. The van der Waals surface area contributed by atoms with Crippen LogP contribution in [0.15, 0.2) is 23.1 Å². The maximum atomic E-state index is 12.3. The van der Waals surface area contributed by atoms with Gasteiger partial charge in [0.25, 0.3) is 0 Å². The summed E-state index contributed by atoms with van der Waals surface area (Å²) in [5.41, 5.74) is 0. The van der Waals surface area contributed by atoms with Crippen molar-refractivity contribution < 1.29 is 22.6 Å². The zero-order chi connectivity index (χ0) is 15.3. The highest BCUT2D eigenvalue weighted by Crippen LogP contribution is 2.29. The lowest BCUT2D eigenvalue weighted by atomic mass is 10.3. The Labute approximate surface area is 124 Å². The fourth-order valence-corrected chi connectivity index (χ4v) is 3.12. The Balaban J connectivity index is 2.07. The maximum absolute atomic E-state index is 12.3. The van der Waals surface area contributed by atoms with Crippen molar-refractivity contribution in [2.45, 2.75) is 10.9 Å². The van der Waals surface area contributed by atoms with Crippen LogP contribution in [0.2, 0.25) is 0 Å². The lowest BCUT2D eigenvalue weighted by Crippen LogP contribution is -2.48. The molecule has 1 aliphatic rings. The highest BCUT2D eigenvalue weighted by atomic mass is 32.2. The van der Waals surface area contributed by atoms with E-state index in [1.807, 2.05) is 0 Å². The molecule has 1 heterocycles. The Bertz CT molecular complexity index is 570. The van der Waals surface area contributed by atoms with Crippen molar-refractivity contribution in [1.82, 2.24) is 10.0 Å². The van der Waals surface area contributed by atoms with Crippen molar-refractivity contribution in [3.8, 4) is 11.5 Å². The molecule has 1 atom stereocenters. The summed E-state index contributed by atoms with van der Waals surface area (Å²) in [6, 6.07) is 4.46. The van der Waals surface area contributed by atoms with Gasteiger partial charge in [0.05, 0.1) is 32.3 Å². The fraction of sp³-hybridized carbons (Fsp3) is 0.538. The van der Waals surface area contributed by atoms with Crippen LogP contribution in [-0.2, 0) is 14.8 Å². The molecule has 2 N–H and O–H groups in total. The van der Waals surface area contributed by atoms with Gasteiger partial charge in [-0.3, -0.25) is 0 Å². The molecule has 0 bridgehead atoms. The van der Waals surface area contributed by atoms with Crippen molar-refractivity contribution in [2.24, 2.45) is 0 Å². The van der Waals surface area contributed by atoms with Gasteiger partial charge in [0.2, 0.25) is 10.0 Å². The van der Waals surface area contributed by atoms with Crippen molar-refractivity contribution in [3.05, 3.63) is 18.2 Å². The first-order valence-electron chi connectivity index (χ1n) is 6.59. The average molecular weight is 316 g/mol. The smallest absolute Gasteiger partial charge is 0.240 e. The van der Waals surface area contributed by atoms with Crippen LogP contribution >= 0.6 is 0 Å². The van der Waals surface area contributed by atoms with Crippen LogP contribution in [-0.4, -0.2) is 55.0 Å². The zero-order valence-electron chi connectivity index (χ0n) is 12.1. The highest BCUT2D eigenvalue weighted by molar-refractivity contribution is 7.89. The Kier molecular flexibility index (Phi) is 5.40. The molecule has 2 rings (SSSR count). The van der Waals surface area contributed by atoms with Crippen LogP contribution in [0.4, 0.5) is 0 Å². The molecule has 0 amide bonds. The van der Waals surface area contributed by atoms with Gasteiger partial charge < -0.3 is 19.5 Å². The first kappa shape index (κ1) is 16.0. The topological polar surface area (TPSA) is 85.9 Å². The second kappa shape index (κ2) is 7.08. The van der Waals surface area contributed by atoms with E-state index in [4.69, 9.17) is 14.2 Å². The van der Waals surface area contributed by atoms with E-state index in [1.54, 1.807) is 6.07 Å². The van der Waals surface area contributed by atoms with E-state index >= 15 is 0 Å². The minimum Gasteiger partial charge on any atom is -0.493 e. The summed E-state index contributed by atoms with van der Waals surface area (Å²) < 4.78 is 42.6. The van der Waals surface area contributed by atoms with E-state index in [1.165, 1.54) is 26.4 Å². The third kappa shape index (κ3) is 4.07. The number of methoxy groups -OCH3 is 2. The molecule has 7 nitrogen and oxygen atoms in total. The molecular formula is C13H20N2O5S. The normalized spacial score (nSPS) is 19.2. The first-order valence-corrected chi connectivity index (χ1v) is 8.08. The van der Waals surface area contributed by atoms with Crippen LogP contribution in [0.3, 0.4) is 0 Å². The van der Waals surface area contributed by atoms with Gasteiger partial charge in [-0.1, -0.05) is 0 Å². The minimum absolute atomic E-state index is 0.0198. The summed E-state index contributed by atoms with van der Waals surface area (Å²) in [6.45, 7) is 2.15. The molecular weight excluding hydrogens is 296 g/mol. The molecule has 118 valence electrons. The van der Waals surface area contributed by atoms with Crippen LogP contribution in [0.25, 0.3) is 0 Å². The lowest BCUT2D eigenvalue weighted by Gasteiger charge is -2.23. The quantitative estimate of drug-likeness (QED) is 0.766. The van der Waals surface area contributed by atoms with Gasteiger partial charge in [-0.05, 0) is 12.1 Å². The van der Waals surface area contributed by atoms with E-state index in [0.717, 1.165) is 6.54 Å². The molecule has 1 aliphatic heterocycles. The third-order valence-corrected chi connectivity index (χ3v) is 4.60. The largest absolute Gasteiger partial charge is 0.493 e. The van der Waals surface area contributed by atoms with Gasteiger partial charge in [-0.15, -0.1) is 0 Å². The SMILES string of the molecule is COc1ccc(S(=O)(=O)NCC2COCCN2)cc1OC. The van der Waals surface area contributed by atoms with Crippen LogP contribution in [0, 0.1) is 0 Å². The van der Waals surface area contributed by atoms with Gasteiger partial charge in [0.1, 0.15) is 0 Å². The summed E-state index contributed by atoms with van der Waals surface area (Å²) >= 11 is 0. The van der Waals surface area contributed by atoms with Gasteiger partial charge in [0, 0.05) is 25.2 Å². The summed E-state index contributed by atoms with van der Waals surface area (Å²) in [5.74, 6) is 0.860. The number of nitrogens with one attached hydrogen (secondary N) is 2. The Hall–Kier alpha value is -1.35. The summed E-state index contributed by atoms with van der Waals surface area (Å²) in [5, 5.41) is 3.19. The van der Waals surface area contributed by atoms with Gasteiger partial charge in [-0.2, -0.15) is 0 Å². The molecule has 21 heavy (non-hydrogen) atoms. The van der Waals surface area contributed by atoms with E-state index < -0.39 is 10.0 Å². The second-order valence-electron chi connectivity index (χ2n) is 4.59. The second-order valence-corrected chi connectivity index (χ2v) is 6.36. The average Bonchev–Trinajstić information content (AvgIpc) is 2.53. The number of rotatable bonds is 6. The number of hydrogen-bond acceptors (Lipinski definition) is 6. The number of ether oxygens (including phenoxy) is 3. The molecule has 1 saturated heterocycles. The van der Waals surface area contributed by atoms with Crippen molar-refractivity contribution >= 4 is 10.0 Å². The predicted molar refractivity (Wildman–Crippen MR) is 77.3 cm³/mol. The van der Waals surface area contributed by atoms with E-state index in [0.29, 0.717) is 24.7 Å². The molecule has 1 aromatic carbocycles. The van der Waals surface area contributed by atoms with Crippen LogP contribution < -0.4 is 19.5 Å². The number of hydrogen-bond donors (Lipinski definition) is 2. The number of sulfonamides is 1. The molecule has 0 spiro atoms. The third-order valence-electron chi connectivity index (χ3n) is 3.18. The minimum atomic E-state index is -3.60. The highest BCUT2D eigenvalue weighted by Gasteiger charge is 2.20. The monoisotopic (exact) mass is 316 g/mol. The van der Waals surface area contributed by atoms with Crippen LogP contribution in [0.1, 0.15) is 0 Å². The molecule has 1 unspecified atom stereocenters. The predicted octanol–water partition coefficient (Wildman–Crippen LogP) is -0.0295. The number of benzene rings is 1. The van der Waals surface area contributed by atoms with Crippen molar-refractivity contribution in [3.63, 3.8) is 0 Å². The molecule has 0 radical (unpaired) electrons. The standard InChI is InChI=1S/C13H20N2O5S/c1-18-12-4-3-11(7-13(12)19-2)21(16,17)15-8-10-9-20-6-5-14-10/h3-4,7,10,14-15H,5-6,8-9H2,1-2H3. The molecule has 0 aliphatic carbocycles. The Morgan fingerprint density at radius 2 is 2.10 bits per heavy atom. The van der Waals surface area contributed by atoms with Gasteiger partial charge in [0.15, 0.2) is 11.5 Å². The summed E-state index contributed by atoms with van der Waals surface area (Å²) in [6.07, 6.45) is 0. The maximum Gasteiger partial charge on any atom is 0.240 e. The zero-order valence-corrected chi connectivity index (χ0v) is 12.9. The van der Waals surface area contributed by atoms with Crippen molar-refractivity contribution in [1.29, 1.82) is 0 Å². The van der Waals surface area contributed by atoms with Crippen molar-refractivity contribution in [2.75, 3.05) is 40.5 Å².